The summed E-state index contributed by atoms with van der Waals surface area (Å²) in [5, 5.41) is 18.0. The molecular weight excluding hydrogens is 550 g/mol. The number of carboxylic acids is 1. The fraction of sp³-hybridized carbons (Fsp3) is 0.786. The Morgan fingerprint density at radius 3 is 2.54 bits per heavy atom. The van der Waals surface area contributed by atoms with Crippen molar-refractivity contribution in [1.82, 2.24) is 25.2 Å². The highest BCUT2D eigenvalue weighted by molar-refractivity contribution is 7.89. The molecule has 0 aromatic rings. The number of allylic oxidation sites excluding steroid dienone is 1. The zero-order chi connectivity index (χ0) is 29.6. The molecule has 4 amide bonds. The number of nitrogens with one attached hydrogen (secondary N) is 3. The van der Waals surface area contributed by atoms with E-state index in [9.17, 15) is 32.7 Å². The van der Waals surface area contributed by atoms with E-state index in [-0.39, 0.29) is 36.7 Å². The summed E-state index contributed by atoms with van der Waals surface area (Å²) < 4.78 is 26.3. The Morgan fingerprint density at radius 2 is 1.85 bits per heavy atom. The molecule has 0 radical (unpaired) electrons. The van der Waals surface area contributed by atoms with Gasteiger partial charge in [0.25, 0.3) is 0 Å². The molecule has 4 aliphatic rings. The summed E-state index contributed by atoms with van der Waals surface area (Å²) in [6.45, 7) is 2.82. The number of urea groups is 1. The second-order valence-electron chi connectivity index (χ2n) is 11.9. The van der Waals surface area contributed by atoms with Gasteiger partial charge in [-0.05, 0) is 63.7 Å². The van der Waals surface area contributed by atoms with E-state index in [1.54, 1.807) is 0 Å². The van der Waals surface area contributed by atoms with Gasteiger partial charge < -0.3 is 26.0 Å². The van der Waals surface area contributed by atoms with Crippen LogP contribution in [0.3, 0.4) is 0 Å². The summed E-state index contributed by atoms with van der Waals surface area (Å²) in [7, 11) is -3.31. The smallest absolute Gasteiger partial charge is 0.330 e. The molecule has 0 spiro atoms. The lowest BCUT2D eigenvalue weighted by Crippen LogP contribution is -2.55. The van der Waals surface area contributed by atoms with E-state index >= 15 is 0 Å². The van der Waals surface area contributed by atoms with Gasteiger partial charge in [0.05, 0.1) is 12.3 Å². The van der Waals surface area contributed by atoms with Crippen molar-refractivity contribution in [3.05, 3.63) is 12.2 Å². The van der Waals surface area contributed by atoms with Crippen LogP contribution in [0.5, 0.6) is 0 Å². The van der Waals surface area contributed by atoms with Crippen molar-refractivity contribution < 1.29 is 32.7 Å². The van der Waals surface area contributed by atoms with Crippen LogP contribution in [-0.2, 0) is 24.4 Å². The maximum atomic E-state index is 13.1. The first kappa shape index (κ1) is 31.3. The number of sulfonamides is 1. The van der Waals surface area contributed by atoms with Gasteiger partial charge in [0, 0.05) is 31.6 Å². The van der Waals surface area contributed by atoms with Crippen LogP contribution >= 0.6 is 0 Å². The van der Waals surface area contributed by atoms with E-state index < -0.39 is 45.4 Å². The molecule has 13 heteroatoms. The fourth-order valence-corrected chi connectivity index (χ4v) is 7.55. The van der Waals surface area contributed by atoms with E-state index in [0.717, 1.165) is 44.9 Å². The quantitative estimate of drug-likeness (QED) is 0.175. The van der Waals surface area contributed by atoms with E-state index in [1.165, 1.54) is 9.21 Å². The molecule has 0 aromatic heterocycles. The fourth-order valence-electron chi connectivity index (χ4n) is 5.93. The van der Waals surface area contributed by atoms with Crippen LogP contribution in [0.2, 0.25) is 0 Å². The molecule has 2 aliphatic carbocycles. The normalized spacial score (nSPS) is 28.3. The lowest BCUT2D eigenvalue weighted by molar-refractivity contribution is -0.145. The summed E-state index contributed by atoms with van der Waals surface area (Å²) in [6.07, 6.45) is 12.6. The Morgan fingerprint density at radius 1 is 1.07 bits per heavy atom. The summed E-state index contributed by atoms with van der Waals surface area (Å²) in [5.74, 6) is -1.93. The third-order valence-corrected chi connectivity index (χ3v) is 10.6. The first-order valence-corrected chi connectivity index (χ1v) is 16.7. The SMILES string of the molecule is CCCCC/C=C\C1C[C@]1(NC(=O)[C@@H]1CCCN1C(=O)CNC(=O)NC(CN1CCCCS1(=O)=O)C1CC1)C(=O)O. The minimum Gasteiger partial charge on any atom is -0.479 e. The Bertz CT molecular complexity index is 1120. The second-order valence-corrected chi connectivity index (χ2v) is 14.0. The van der Waals surface area contributed by atoms with Gasteiger partial charge >= 0.3 is 12.0 Å². The van der Waals surface area contributed by atoms with Crippen molar-refractivity contribution in [2.24, 2.45) is 11.8 Å². The van der Waals surface area contributed by atoms with Gasteiger partial charge in [-0.25, -0.2) is 18.0 Å². The van der Waals surface area contributed by atoms with Crippen LogP contribution in [0, 0.1) is 11.8 Å². The third kappa shape index (κ3) is 8.00. The van der Waals surface area contributed by atoms with Crippen molar-refractivity contribution >= 4 is 33.8 Å². The zero-order valence-electron chi connectivity index (χ0n) is 24.0. The topological polar surface area (TPSA) is 165 Å². The first-order chi connectivity index (χ1) is 19.6. The van der Waals surface area contributed by atoms with E-state index in [1.807, 2.05) is 12.2 Å². The molecule has 12 nitrogen and oxygen atoms in total. The van der Waals surface area contributed by atoms with E-state index in [4.69, 9.17) is 0 Å². The molecule has 4 N–H and O–H groups in total. The molecule has 230 valence electrons. The second kappa shape index (κ2) is 13.5. The average molecular weight is 596 g/mol. The molecule has 4 atom stereocenters. The van der Waals surface area contributed by atoms with Crippen LogP contribution in [0.1, 0.15) is 77.6 Å². The number of carbonyl (C=O) groups is 4. The van der Waals surface area contributed by atoms with E-state index in [0.29, 0.717) is 38.8 Å². The molecule has 4 rings (SSSR count). The number of hydrogen-bond acceptors (Lipinski definition) is 6. The summed E-state index contributed by atoms with van der Waals surface area (Å²) in [5.41, 5.74) is -1.34. The highest BCUT2D eigenvalue weighted by Crippen LogP contribution is 2.45. The molecule has 2 heterocycles. The number of likely N-dealkylation sites (tertiary alicyclic amines) is 1. The molecule has 4 fully saturated rings. The molecule has 2 saturated carbocycles. The number of carbonyl (C=O) groups excluding carboxylic acids is 3. The Balaban J connectivity index is 1.26. The van der Waals surface area contributed by atoms with Gasteiger partial charge in [-0.1, -0.05) is 31.9 Å². The predicted molar refractivity (Wildman–Crippen MR) is 152 cm³/mol. The standard InChI is InChI=1S/C28H45N5O7S/c1-2-3-4-5-6-10-21-17-28(21,26(36)37)31-25(35)23-11-9-15-33(23)24(34)18-29-27(38)30-22(20-12-13-20)19-32-14-7-8-16-41(32,39)40/h6,10,20-23H,2-5,7-9,11-19H2,1H3,(H,31,35)(H,36,37)(H2,29,30,38)/b10-6-/t21?,22?,23-,28+/m0/s1. The van der Waals surface area contributed by atoms with Crippen molar-refractivity contribution in [3.63, 3.8) is 0 Å². The highest BCUT2D eigenvalue weighted by Gasteiger charge is 2.61. The largest absolute Gasteiger partial charge is 0.479 e. The van der Waals surface area contributed by atoms with E-state index in [2.05, 4.69) is 22.9 Å². The third-order valence-electron chi connectivity index (χ3n) is 8.72. The van der Waals surface area contributed by atoms with Crippen LogP contribution in [0.15, 0.2) is 12.2 Å². The number of carboxylic acid groups (broad SMARTS) is 1. The van der Waals surface area contributed by atoms with Crippen LogP contribution < -0.4 is 16.0 Å². The van der Waals surface area contributed by atoms with Crippen molar-refractivity contribution in [1.29, 1.82) is 0 Å². The number of aliphatic carboxylic acids is 1. The Kier molecular flexibility index (Phi) is 10.3. The number of amides is 4. The summed E-state index contributed by atoms with van der Waals surface area (Å²) in [4.78, 5) is 52.3. The molecular formula is C28H45N5O7S. The van der Waals surface area contributed by atoms with Crippen molar-refractivity contribution in [2.45, 2.75) is 95.2 Å². The van der Waals surface area contributed by atoms with Crippen molar-refractivity contribution in [2.75, 3.05) is 31.9 Å². The van der Waals surface area contributed by atoms with Crippen LogP contribution in [0.25, 0.3) is 0 Å². The number of hydrogen-bond donors (Lipinski definition) is 4. The lowest BCUT2D eigenvalue weighted by Gasteiger charge is -2.30. The van der Waals surface area contributed by atoms with Gasteiger partial charge in [0.15, 0.2) is 0 Å². The van der Waals surface area contributed by atoms with Gasteiger partial charge in [-0.15, -0.1) is 0 Å². The maximum absolute atomic E-state index is 13.1. The zero-order valence-corrected chi connectivity index (χ0v) is 24.8. The number of rotatable bonds is 14. The van der Waals surface area contributed by atoms with Gasteiger partial charge in [-0.3, -0.25) is 9.59 Å². The van der Waals surface area contributed by atoms with Crippen molar-refractivity contribution in [3.8, 4) is 0 Å². The number of unbranched alkanes of at least 4 members (excludes halogenated alkanes) is 3. The summed E-state index contributed by atoms with van der Waals surface area (Å²) >= 11 is 0. The molecule has 2 unspecified atom stereocenters. The van der Waals surface area contributed by atoms with Gasteiger partial charge in [-0.2, -0.15) is 4.31 Å². The summed E-state index contributed by atoms with van der Waals surface area (Å²) in [6, 6.07) is -1.68. The molecule has 41 heavy (non-hydrogen) atoms. The minimum atomic E-state index is -3.31. The molecule has 2 saturated heterocycles. The number of nitrogens with zero attached hydrogens (tertiary/aromatic N) is 2. The lowest BCUT2D eigenvalue weighted by atomic mass is 10.1. The molecule has 0 bridgehead atoms. The van der Waals surface area contributed by atoms with Crippen LogP contribution in [0.4, 0.5) is 4.79 Å². The first-order valence-electron chi connectivity index (χ1n) is 15.1. The monoisotopic (exact) mass is 595 g/mol. The highest BCUT2D eigenvalue weighted by atomic mass is 32.2. The minimum absolute atomic E-state index is 0.125. The molecule has 0 aromatic carbocycles. The maximum Gasteiger partial charge on any atom is 0.330 e. The average Bonchev–Trinajstić information content (AvgIpc) is 3.84. The Hall–Kier alpha value is -2.67. The predicted octanol–water partition coefficient (Wildman–Crippen LogP) is 1.58. The van der Waals surface area contributed by atoms with Gasteiger partial charge in [0.2, 0.25) is 21.8 Å². The Labute approximate surface area is 242 Å². The van der Waals surface area contributed by atoms with Gasteiger partial charge in [0.1, 0.15) is 11.6 Å². The molecule has 2 aliphatic heterocycles. The van der Waals surface area contributed by atoms with Crippen LogP contribution in [-0.4, -0.2) is 96.1 Å².